The molecule has 0 atom stereocenters. The maximum absolute atomic E-state index is 6.10. The van der Waals surface area contributed by atoms with E-state index < -0.39 is 0 Å². The van der Waals surface area contributed by atoms with Gasteiger partial charge in [-0.15, -0.1) is 0 Å². The fourth-order valence-corrected chi connectivity index (χ4v) is 2.65. The van der Waals surface area contributed by atoms with E-state index in [-0.39, 0.29) is 18.3 Å². The predicted molar refractivity (Wildman–Crippen MR) is 87.9 cm³/mol. The molecular weight excluding hydrogens is 247 g/mol. The van der Waals surface area contributed by atoms with Gasteiger partial charge in [-0.3, -0.25) is 0 Å². The van der Waals surface area contributed by atoms with Gasteiger partial charge < -0.3 is 9.31 Å². The Labute approximate surface area is 125 Å². The Bertz CT molecular complexity index is 345. The Morgan fingerprint density at radius 2 is 1.45 bits per heavy atom. The monoisotopic (exact) mass is 278 g/mol. The second-order valence-electron chi connectivity index (χ2n) is 6.72. The lowest BCUT2D eigenvalue weighted by Crippen LogP contribution is -2.41. The first-order chi connectivity index (χ1) is 9.27. The van der Waals surface area contributed by atoms with Gasteiger partial charge in [-0.2, -0.15) is 0 Å². The minimum absolute atomic E-state index is 0.156. The molecule has 1 saturated heterocycles. The van der Waals surface area contributed by atoms with Crippen molar-refractivity contribution in [3.63, 3.8) is 0 Å². The van der Waals surface area contributed by atoms with Crippen LogP contribution in [0.1, 0.15) is 67.2 Å². The molecule has 1 rings (SSSR count). The van der Waals surface area contributed by atoms with Crippen LogP contribution in [0.25, 0.3) is 0 Å². The summed E-state index contributed by atoms with van der Waals surface area (Å²) in [5.41, 5.74) is 2.33. The highest BCUT2D eigenvalue weighted by atomic mass is 16.7. The van der Waals surface area contributed by atoms with E-state index in [2.05, 4.69) is 48.1 Å². The van der Waals surface area contributed by atoms with E-state index in [1.165, 1.54) is 24.0 Å². The topological polar surface area (TPSA) is 18.5 Å². The molecule has 0 aromatic rings. The Hall–Kier alpha value is -0.535. The molecule has 0 saturated carbocycles. The summed E-state index contributed by atoms with van der Waals surface area (Å²) in [6, 6.07) is 0. The minimum Gasteiger partial charge on any atom is -0.403 e. The van der Waals surface area contributed by atoms with Crippen LogP contribution in [0.2, 0.25) is 6.32 Å². The van der Waals surface area contributed by atoms with E-state index in [0.29, 0.717) is 0 Å². The fraction of sp³-hybridized carbons (Fsp3) is 0.765. The Kier molecular flexibility index (Phi) is 6.09. The molecule has 0 aromatic carbocycles. The molecule has 0 bridgehead atoms. The van der Waals surface area contributed by atoms with E-state index in [0.717, 1.165) is 19.2 Å². The lowest BCUT2D eigenvalue weighted by atomic mass is 9.78. The molecule has 0 unspecified atom stereocenters. The quantitative estimate of drug-likeness (QED) is 0.473. The Morgan fingerprint density at radius 3 is 1.80 bits per heavy atom. The van der Waals surface area contributed by atoms with Gasteiger partial charge in [0.05, 0.1) is 11.2 Å². The van der Waals surface area contributed by atoms with Crippen LogP contribution in [0, 0.1) is 0 Å². The van der Waals surface area contributed by atoms with Crippen molar-refractivity contribution in [3.05, 3.63) is 23.8 Å². The van der Waals surface area contributed by atoms with Crippen molar-refractivity contribution in [3.8, 4) is 0 Å². The van der Waals surface area contributed by atoms with Crippen LogP contribution in [0.3, 0.4) is 0 Å². The van der Waals surface area contributed by atoms with Gasteiger partial charge in [0.1, 0.15) is 0 Å². The molecule has 2 nitrogen and oxygen atoms in total. The number of hydrogen-bond acceptors (Lipinski definition) is 2. The number of hydrogen-bond donors (Lipinski definition) is 0. The molecular formula is C17H31BO2. The van der Waals surface area contributed by atoms with Crippen molar-refractivity contribution in [2.45, 2.75) is 84.7 Å². The van der Waals surface area contributed by atoms with Crippen molar-refractivity contribution in [2.24, 2.45) is 0 Å². The maximum atomic E-state index is 6.10. The van der Waals surface area contributed by atoms with Crippen LogP contribution in [-0.4, -0.2) is 18.3 Å². The first-order valence-electron chi connectivity index (χ1n) is 7.96. The van der Waals surface area contributed by atoms with Crippen LogP contribution in [-0.2, 0) is 9.31 Å². The second-order valence-corrected chi connectivity index (χ2v) is 6.72. The van der Waals surface area contributed by atoms with Crippen molar-refractivity contribution in [1.29, 1.82) is 0 Å². The van der Waals surface area contributed by atoms with Gasteiger partial charge in [0, 0.05) is 6.32 Å². The third-order valence-corrected chi connectivity index (χ3v) is 4.49. The molecule has 1 aliphatic heterocycles. The molecule has 0 radical (unpaired) electrons. The highest BCUT2D eigenvalue weighted by Crippen LogP contribution is 2.39. The van der Waals surface area contributed by atoms with Crippen LogP contribution >= 0.6 is 0 Å². The standard InChI is InChI=1S/C17H31BO2/c1-8-11-15(12-9-2)14(10-3)13-18-19-16(4,5)17(6,7)20-18/h10H,3,8-9,11-13H2,1-2,4-7H3. The summed E-state index contributed by atoms with van der Waals surface area (Å²) in [5, 5.41) is 0. The molecule has 20 heavy (non-hydrogen) atoms. The summed E-state index contributed by atoms with van der Waals surface area (Å²) >= 11 is 0. The van der Waals surface area contributed by atoms with E-state index in [1.807, 2.05) is 6.08 Å². The molecule has 1 heterocycles. The Morgan fingerprint density at radius 1 is 1.00 bits per heavy atom. The van der Waals surface area contributed by atoms with Crippen LogP contribution < -0.4 is 0 Å². The summed E-state index contributed by atoms with van der Waals surface area (Å²) < 4.78 is 12.2. The minimum atomic E-state index is -0.250. The Balaban J connectivity index is 2.84. The molecule has 3 heteroatoms. The third-order valence-electron chi connectivity index (χ3n) is 4.49. The summed E-state index contributed by atoms with van der Waals surface area (Å²) in [5.74, 6) is 0. The maximum Gasteiger partial charge on any atom is 0.462 e. The van der Waals surface area contributed by atoms with Crippen molar-refractivity contribution in [1.82, 2.24) is 0 Å². The predicted octanol–water partition coefficient (Wildman–Crippen LogP) is 5.16. The van der Waals surface area contributed by atoms with Crippen molar-refractivity contribution in [2.75, 3.05) is 0 Å². The highest BCUT2D eigenvalue weighted by Gasteiger charge is 2.50. The fourth-order valence-electron chi connectivity index (χ4n) is 2.65. The molecule has 0 N–H and O–H groups in total. The van der Waals surface area contributed by atoms with E-state index in [4.69, 9.17) is 9.31 Å². The third kappa shape index (κ3) is 3.99. The second kappa shape index (κ2) is 6.95. The summed E-state index contributed by atoms with van der Waals surface area (Å²) in [6.07, 6.45) is 7.45. The molecule has 114 valence electrons. The summed E-state index contributed by atoms with van der Waals surface area (Å²) in [7, 11) is -0.156. The number of rotatable bonds is 7. The first-order valence-corrected chi connectivity index (χ1v) is 7.96. The average Bonchev–Trinajstić information content (AvgIpc) is 2.54. The lowest BCUT2D eigenvalue weighted by Gasteiger charge is -2.32. The zero-order valence-corrected chi connectivity index (χ0v) is 14.2. The zero-order chi connectivity index (χ0) is 15.4. The molecule has 0 aliphatic carbocycles. The van der Waals surface area contributed by atoms with Crippen molar-refractivity contribution < 1.29 is 9.31 Å². The lowest BCUT2D eigenvalue weighted by molar-refractivity contribution is 0.00578. The smallest absolute Gasteiger partial charge is 0.403 e. The molecule has 0 amide bonds. The summed E-state index contributed by atoms with van der Waals surface area (Å²) in [6.45, 7) is 16.8. The van der Waals surface area contributed by atoms with Gasteiger partial charge in [-0.25, -0.2) is 0 Å². The van der Waals surface area contributed by atoms with Gasteiger partial charge in [0.15, 0.2) is 0 Å². The molecule has 1 aliphatic rings. The van der Waals surface area contributed by atoms with Gasteiger partial charge in [0.2, 0.25) is 0 Å². The zero-order valence-electron chi connectivity index (χ0n) is 14.2. The molecule has 0 spiro atoms. The van der Waals surface area contributed by atoms with Gasteiger partial charge in [0.25, 0.3) is 0 Å². The first kappa shape index (κ1) is 17.5. The average molecular weight is 278 g/mol. The van der Waals surface area contributed by atoms with Gasteiger partial charge in [-0.05, 0) is 40.5 Å². The van der Waals surface area contributed by atoms with Gasteiger partial charge in [-0.1, -0.05) is 50.5 Å². The van der Waals surface area contributed by atoms with Crippen LogP contribution in [0.15, 0.2) is 23.8 Å². The van der Waals surface area contributed by atoms with E-state index >= 15 is 0 Å². The SMILES string of the molecule is C=CC(CB1OC(C)(C)C(C)(C)O1)=C(CCC)CCC. The van der Waals surface area contributed by atoms with Gasteiger partial charge >= 0.3 is 7.12 Å². The number of allylic oxidation sites excluding steroid dienone is 3. The van der Waals surface area contributed by atoms with Crippen molar-refractivity contribution >= 4 is 7.12 Å². The van der Waals surface area contributed by atoms with Crippen LogP contribution in [0.4, 0.5) is 0 Å². The van der Waals surface area contributed by atoms with E-state index in [1.54, 1.807) is 0 Å². The van der Waals surface area contributed by atoms with E-state index in [9.17, 15) is 0 Å². The van der Waals surface area contributed by atoms with Crippen LogP contribution in [0.5, 0.6) is 0 Å². The molecule has 1 fully saturated rings. The molecule has 0 aromatic heterocycles. The summed E-state index contributed by atoms with van der Waals surface area (Å²) in [4.78, 5) is 0. The highest BCUT2D eigenvalue weighted by molar-refractivity contribution is 6.46. The normalized spacial score (nSPS) is 20.0. The largest absolute Gasteiger partial charge is 0.462 e.